The molecule has 0 aliphatic rings. The molecule has 0 aliphatic heterocycles. The average molecular weight is 673 g/mol. The molecule has 1 aromatic carbocycles. The molecule has 0 saturated heterocycles. The Morgan fingerprint density at radius 3 is 1.08 bits per heavy atom. The Morgan fingerprint density at radius 1 is 0.458 bits per heavy atom. The predicted octanol–water partition coefficient (Wildman–Crippen LogP) is 11.3. The molecule has 0 unspecified atom stereocenters. The van der Waals surface area contributed by atoms with Crippen LogP contribution in [0.15, 0.2) is 24.3 Å². The van der Waals surface area contributed by atoms with Crippen molar-refractivity contribution in [1.29, 1.82) is 0 Å². The van der Waals surface area contributed by atoms with Gasteiger partial charge in [0.1, 0.15) is 13.2 Å². The average Bonchev–Trinajstić information content (AvgIpc) is 3.11. The third-order valence-electron chi connectivity index (χ3n) is 9.67. The molecule has 1 aromatic rings. The molecular weight excluding hydrogens is 596 g/mol. The first-order valence-electron chi connectivity index (χ1n) is 20.4. The molecule has 0 fully saturated rings. The van der Waals surface area contributed by atoms with Gasteiger partial charge in [-0.3, -0.25) is 0 Å². The van der Waals surface area contributed by atoms with Gasteiger partial charge in [-0.2, -0.15) is 0 Å². The molecule has 0 N–H and O–H groups in total. The lowest BCUT2D eigenvalue weighted by Crippen LogP contribution is -2.29. The molecular formula is C42H76N2O4. The van der Waals surface area contributed by atoms with Crippen molar-refractivity contribution in [3.8, 4) is 0 Å². The Hall–Kier alpha value is -1.92. The Kier molecular flexibility index (Phi) is 29.7. The lowest BCUT2D eigenvalue weighted by atomic mass is 10.1. The fraction of sp³-hybridized carbons (Fsp3) is 0.810. The highest BCUT2D eigenvalue weighted by atomic mass is 16.5. The third kappa shape index (κ3) is 24.3. The van der Waals surface area contributed by atoms with E-state index in [0.717, 1.165) is 39.3 Å². The number of carbonyl (C=O) groups is 2. The summed E-state index contributed by atoms with van der Waals surface area (Å²) in [5.74, 6) is -0.779. The number of hydrogen-bond acceptors (Lipinski definition) is 6. The van der Waals surface area contributed by atoms with Crippen molar-refractivity contribution in [2.75, 3.05) is 52.5 Å². The van der Waals surface area contributed by atoms with Crippen molar-refractivity contribution in [3.63, 3.8) is 0 Å². The number of unbranched alkanes of at least 4 members (excludes halogenated alkanes) is 20. The Labute approximate surface area is 297 Å². The number of hydrogen-bond donors (Lipinski definition) is 0. The van der Waals surface area contributed by atoms with Crippen molar-refractivity contribution in [1.82, 2.24) is 9.80 Å². The zero-order valence-electron chi connectivity index (χ0n) is 32.1. The monoisotopic (exact) mass is 673 g/mol. The van der Waals surface area contributed by atoms with E-state index in [1.165, 1.54) is 141 Å². The van der Waals surface area contributed by atoms with Crippen LogP contribution < -0.4 is 0 Å². The van der Waals surface area contributed by atoms with E-state index in [2.05, 4.69) is 37.5 Å². The van der Waals surface area contributed by atoms with E-state index in [1.807, 2.05) is 0 Å². The molecule has 0 radical (unpaired) electrons. The SMILES string of the molecule is CCCCCCCCCCCCCN(CC)CCOC(=O)c1cccc(C(=O)OCCN(CC)CCCCCCCCCCCCC)c1. The zero-order valence-corrected chi connectivity index (χ0v) is 32.1. The maximum atomic E-state index is 12.7. The van der Waals surface area contributed by atoms with Gasteiger partial charge in [-0.25, -0.2) is 9.59 Å². The minimum Gasteiger partial charge on any atom is -0.461 e. The summed E-state index contributed by atoms with van der Waals surface area (Å²) in [5, 5.41) is 0. The Morgan fingerprint density at radius 2 is 0.771 bits per heavy atom. The second-order valence-electron chi connectivity index (χ2n) is 13.8. The highest BCUT2D eigenvalue weighted by molar-refractivity contribution is 5.95. The van der Waals surface area contributed by atoms with Gasteiger partial charge in [0, 0.05) is 13.1 Å². The van der Waals surface area contributed by atoms with Crippen molar-refractivity contribution < 1.29 is 19.1 Å². The first-order chi connectivity index (χ1) is 23.5. The first-order valence-corrected chi connectivity index (χ1v) is 20.4. The van der Waals surface area contributed by atoms with Crippen molar-refractivity contribution in [2.24, 2.45) is 0 Å². The highest BCUT2D eigenvalue weighted by Crippen LogP contribution is 2.14. The van der Waals surface area contributed by atoms with E-state index < -0.39 is 0 Å². The summed E-state index contributed by atoms with van der Waals surface area (Å²) >= 11 is 0. The van der Waals surface area contributed by atoms with E-state index in [9.17, 15) is 9.59 Å². The third-order valence-corrected chi connectivity index (χ3v) is 9.67. The van der Waals surface area contributed by atoms with E-state index >= 15 is 0 Å². The van der Waals surface area contributed by atoms with Crippen LogP contribution >= 0.6 is 0 Å². The summed E-state index contributed by atoms with van der Waals surface area (Å²) in [6.45, 7) is 15.0. The Balaban J connectivity index is 2.20. The van der Waals surface area contributed by atoms with Crippen molar-refractivity contribution >= 4 is 11.9 Å². The topological polar surface area (TPSA) is 59.1 Å². The summed E-state index contributed by atoms with van der Waals surface area (Å²) in [4.78, 5) is 30.2. The van der Waals surface area contributed by atoms with Crippen LogP contribution in [0.4, 0.5) is 0 Å². The van der Waals surface area contributed by atoms with Crippen LogP contribution in [0.3, 0.4) is 0 Å². The van der Waals surface area contributed by atoms with Gasteiger partial charge >= 0.3 is 11.9 Å². The fourth-order valence-electron chi connectivity index (χ4n) is 6.33. The molecule has 0 bridgehead atoms. The molecule has 6 nitrogen and oxygen atoms in total. The van der Waals surface area contributed by atoms with Crippen LogP contribution in [0.2, 0.25) is 0 Å². The number of ether oxygens (including phenoxy) is 2. The van der Waals surface area contributed by atoms with Crippen LogP contribution in [0.1, 0.15) is 190 Å². The molecule has 0 aliphatic carbocycles. The van der Waals surface area contributed by atoms with E-state index in [4.69, 9.17) is 9.47 Å². The van der Waals surface area contributed by atoms with Crippen LogP contribution in [0.5, 0.6) is 0 Å². The maximum absolute atomic E-state index is 12.7. The molecule has 0 aromatic heterocycles. The van der Waals surface area contributed by atoms with Gasteiger partial charge in [-0.15, -0.1) is 0 Å². The van der Waals surface area contributed by atoms with Crippen LogP contribution in [0, 0.1) is 0 Å². The normalized spacial score (nSPS) is 11.5. The maximum Gasteiger partial charge on any atom is 0.338 e. The van der Waals surface area contributed by atoms with Crippen LogP contribution in [-0.4, -0.2) is 74.2 Å². The van der Waals surface area contributed by atoms with Gasteiger partial charge in [-0.05, 0) is 57.2 Å². The smallest absolute Gasteiger partial charge is 0.338 e. The second-order valence-corrected chi connectivity index (χ2v) is 13.8. The lowest BCUT2D eigenvalue weighted by Gasteiger charge is -2.20. The predicted molar refractivity (Wildman–Crippen MR) is 204 cm³/mol. The fourth-order valence-corrected chi connectivity index (χ4v) is 6.33. The molecule has 0 amide bonds. The van der Waals surface area contributed by atoms with Gasteiger partial charge in [0.25, 0.3) is 0 Å². The second kappa shape index (κ2) is 32.3. The quantitative estimate of drug-likeness (QED) is 0.0536. The van der Waals surface area contributed by atoms with Gasteiger partial charge in [0.05, 0.1) is 11.1 Å². The molecule has 6 heteroatoms. The van der Waals surface area contributed by atoms with Gasteiger partial charge in [0.15, 0.2) is 0 Å². The number of carbonyl (C=O) groups excluding carboxylic acids is 2. The largest absolute Gasteiger partial charge is 0.461 e. The zero-order chi connectivity index (χ0) is 34.9. The van der Waals surface area contributed by atoms with E-state index in [-0.39, 0.29) is 11.9 Å². The van der Waals surface area contributed by atoms with Gasteiger partial charge < -0.3 is 19.3 Å². The first kappa shape index (κ1) is 44.1. The lowest BCUT2D eigenvalue weighted by molar-refractivity contribution is 0.0461. The van der Waals surface area contributed by atoms with E-state index in [0.29, 0.717) is 24.3 Å². The molecule has 0 saturated carbocycles. The number of benzene rings is 1. The molecule has 1 rings (SSSR count). The van der Waals surface area contributed by atoms with Crippen molar-refractivity contribution in [2.45, 2.75) is 169 Å². The Bertz CT molecular complexity index is 825. The number of esters is 2. The minimum atomic E-state index is -0.389. The summed E-state index contributed by atoms with van der Waals surface area (Å²) < 4.78 is 11.2. The van der Waals surface area contributed by atoms with Crippen LogP contribution in [0.25, 0.3) is 0 Å². The summed E-state index contributed by atoms with van der Waals surface area (Å²) in [6.07, 6.45) is 29.6. The van der Waals surface area contributed by atoms with E-state index in [1.54, 1.807) is 24.3 Å². The highest BCUT2D eigenvalue weighted by Gasteiger charge is 2.14. The number of rotatable bonds is 34. The molecule has 0 spiro atoms. The van der Waals surface area contributed by atoms with Crippen molar-refractivity contribution in [3.05, 3.63) is 35.4 Å². The van der Waals surface area contributed by atoms with Crippen LogP contribution in [-0.2, 0) is 9.47 Å². The molecule has 0 atom stereocenters. The van der Waals surface area contributed by atoms with Gasteiger partial charge in [0.2, 0.25) is 0 Å². The number of likely N-dealkylation sites (N-methyl/N-ethyl adjacent to an activating group) is 2. The minimum absolute atomic E-state index is 0.353. The number of nitrogens with zero attached hydrogens (tertiary/aromatic N) is 2. The molecule has 48 heavy (non-hydrogen) atoms. The summed E-state index contributed by atoms with van der Waals surface area (Å²) in [5.41, 5.74) is 0.786. The molecule has 0 heterocycles. The summed E-state index contributed by atoms with van der Waals surface area (Å²) in [7, 11) is 0. The van der Waals surface area contributed by atoms with Gasteiger partial charge in [-0.1, -0.05) is 162 Å². The summed E-state index contributed by atoms with van der Waals surface area (Å²) in [6, 6.07) is 6.72. The molecule has 278 valence electrons. The standard InChI is InChI=1S/C42H76N2O4/c1-5-9-11-13-15-17-19-21-23-25-27-32-43(7-3)34-36-47-41(45)39-30-29-31-40(38-39)42(46)48-37-35-44(8-4)33-28-26-24-22-20-18-16-14-12-10-6-2/h29-31,38H,5-28,32-37H2,1-4H3.